The van der Waals surface area contributed by atoms with Gasteiger partial charge < -0.3 is 10.1 Å². The summed E-state index contributed by atoms with van der Waals surface area (Å²) in [6.07, 6.45) is 7.02. The van der Waals surface area contributed by atoms with Crippen LogP contribution in [0.4, 0.5) is 11.5 Å². The third-order valence-electron chi connectivity index (χ3n) is 4.85. The van der Waals surface area contributed by atoms with Crippen molar-refractivity contribution in [2.45, 2.75) is 45.1 Å². The van der Waals surface area contributed by atoms with Crippen LogP contribution in [0.15, 0.2) is 30.6 Å². The molecule has 1 aromatic carbocycles. The van der Waals surface area contributed by atoms with Crippen molar-refractivity contribution in [3.63, 3.8) is 0 Å². The lowest BCUT2D eigenvalue weighted by Gasteiger charge is -2.21. The number of benzene rings is 1. The Morgan fingerprint density at radius 2 is 1.93 bits per heavy atom. The van der Waals surface area contributed by atoms with Gasteiger partial charge in [-0.15, -0.1) is 11.3 Å². The van der Waals surface area contributed by atoms with Crippen LogP contribution in [-0.2, 0) is 4.74 Å². The van der Waals surface area contributed by atoms with Crippen LogP contribution in [0, 0.1) is 10.5 Å². The second kappa shape index (κ2) is 8.10. The van der Waals surface area contributed by atoms with Gasteiger partial charge in [-0.25, -0.2) is 14.8 Å². The lowest BCUT2D eigenvalue weighted by atomic mass is 9.98. The molecule has 1 aliphatic carbocycles. The zero-order valence-electron chi connectivity index (χ0n) is 15.0. The third-order valence-corrected chi connectivity index (χ3v) is 6.74. The van der Waals surface area contributed by atoms with Crippen molar-refractivity contribution in [2.24, 2.45) is 0 Å². The molecule has 1 fully saturated rings. The number of nitrogens with zero attached hydrogens (tertiary/aromatic N) is 2. The summed E-state index contributed by atoms with van der Waals surface area (Å²) < 4.78 is 6.93. The smallest absolute Gasteiger partial charge is 0.348 e. The Morgan fingerprint density at radius 3 is 2.67 bits per heavy atom. The molecule has 5 nitrogen and oxygen atoms in total. The van der Waals surface area contributed by atoms with Crippen LogP contribution < -0.4 is 5.32 Å². The summed E-state index contributed by atoms with van der Waals surface area (Å²) >= 11 is 3.66. The second-order valence-corrected chi connectivity index (χ2v) is 9.00. The Bertz CT molecular complexity index is 965. The molecule has 0 radical (unpaired) electrons. The maximum atomic E-state index is 12.7. The summed E-state index contributed by atoms with van der Waals surface area (Å²) in [7, 11) is 0. The van der Waals surface area contributed by atoms with Crippen LogP contribution in [0.25, 0.3) is 10.2 Å². The molecule has 0 amide bonds. The first-order chi connectivity index (χ1) is 13.1. The highest BCUT2D eigenvalue weighted by atomic mass is 127. The number of fused-ring (bicyclic) bond motifs is 1. The van der Waals surface area contributed by atoms with E-state index in [9.17, 15) is 4.79 Å². The number of esters is 1. The molecule has 1 aliphatic rings. The van der Waals surface area contributed by atoms with Crippen LogP contribution in [-0.4, -0.2) is 22.0 Å². The third kappa shape index (κ3) is 4.08. The molecule has 0 unspecified atom stereocenters. The zero-order valence-corrected chi connectivity index (χ0v) is 18.0. The molecule has 2 aromatic heterocycles. The Labute approximate surface area is 175 Å². The molecule has 0 saturated heterocycles. The van der Waals surface area contributed by atoms with Crippen molar-refractivity contribution in [2.75, 3.05) is 5.32 Å². The number of nitrogens with one attached hydrogen (secondary N) is 1. The van der Waals surface area contributed by atoms with E-state index in [4.69, 9.17) is 4.74 Å². The van der Waals surface area contributed by atoms with Crippen LogP contribution in [0.1, 0.15) is 47.3 Å². The molecule has 1 saturated carbocycles. The number of thiophene rings is 1. The number of anilines is 2. The van der Waals surface area contributed by atoms with Gasteiger partial charge in [0.2, 0.25) is 0 Å². The molecule has 140 valence electrons. The number of carbonyl (C=O) groups excluding carboxylic acids is 1. The number of rotatable bonds is 4. The molecule has 0 bridgehead atoms. The van der Waals surface area contributed by atoms with Gasteiger partial charge in [0.1, 0.15) is 28.0 Å². The summed E-state index contributed by atoms with van der Waals surface area (Å²) in [5.74, 6) is 0.481. The zero-order chi connectivity index (χ0) is 18.8. The summed E-state index contributed by atoms with van der Waals surface area (Å²) in [5, 5.41) is 4.23. The quantitative estimate of drug-likeness (QED) is 0.366. The normalized spacial score (nSPS) is 15.0. The standard InChI is InChI=1S/C20H20IN3O2S/c1-12-16-18(24-14-9-7-13(21)8-10-14)22-11-23-19(16)27-17(12)20(25)26-15-5-3-2-4-6-15/h7-11,15H,2-6H2,1H3,(H,22,23,24). The van der Waals surface area contributed by atoms with E-state index in [2.05, 4.69) is 37.9 Å². The SMILES string of the molecule is Cc1c(C(=O)OC2CCCCC2)sc2ncnc(Nc3ccc(I)cc3)c12. The fourth-order valence-electron chi connectivity index (χ4n) is 3.42. The van der Waals surface area contributed by atoms with E-state index in [1.807, 2.05) is 31.2 Å². The van der Waals surface area contributed by atoms with Gasteiger partial charge >= 0.3 is 5.97 Å². The van der Waals surface area contributed by atoms with Crippen molar-refractivity contribution in [1.29, 1.82) is 0 Å². The lowest BCUT2D eigenvalue weighted by molar-refractivity contribution is 0.0216. The molecular formula is C20H20IN3O2S. The molecule has 4 rings (SSSR count). The molecule has 0 atom stereocenters. The minimum Gasteiger partial charge on any atom is -0.458 e. The number of halogens is 1. The van der Waals surface area contributed by atoms with E-state index in [-0.39, 0.29) is 12.1 Å². The van der Waals surface area contributed by atoms with Gasteiger partial charge in [0.05, 0.1) is 5.39 Å². The summed E-state index contributed by atoms with van der Waals surface area (Å²) in [6, 6.07) is 8.09. The van der Waals surface area contributed by atoms with E-state index < -0.39 is 0 Å². The maximum absolute atomic E-state index is 12.7. The second-order valence-electron chi connectivity index (χ2n) is 6.76. The summed E-state index contributed by atoms with van der Waals surface area (Å²) in [4.78, 5) is 22.9. The number of hydrogen-bond acceptors (Lipinski definition) is 6. The predicted octanol–water partition coefficient (Wildman–Crippen LogP) is 5.84. The molecule has 0 aliphatic heterocycles. The largest absolute Gasteiger partial charge is 0.458 e. The van der Waals surface area contributed by atoms with Gasteiger partial charge in [-0.2, -0.15) is 0 Å². The van der Waals surface area contributed by atoms with Gasteiger partial charge in [-0.3, -0.25) is 0 Å². The Morgan fingerprint density at radius 1 is 1.19 bits per heavy atom. The highest BCUT2D eigenvalue weighted by molar-refractivity contribution is 14.1. The lowest BCUT2D eigenvalue weighted by Crippen LogP contribution is -2.20. The Hall–Kier alpha value is -1.74. The molecule has 0 spiro atoms. The van der Waals surface area contributed by atoms with E-state index in [1.54, 1.807) is 0 Å². The van der Waals surface area contributed by atoms with Crippen LogP contribution in [0.5, 0.6) is 0 Å². The van der Waals surface area contributed by atoms with Gasteiger partial charge in [-0.1, -0.05) is 6.42 Å². The first-order valence-corrected chi connectivity index (χ1v) is 11.0. The minimum atomic E-state index is -0.234. The Kier molecular flexibility index (Phi) is 5.58. The van der Waals surface area contributed by atoms with Crippen LogP contribution in [0.2, 0.25) is 0 Å². The van der Waals surface area contributed by atoms with Crippen molar-refractivity contribution < 1.29 is 9.53 Å². The van der Waals surface area contributed by atoms with Crippen molar-refractivity contribution in [3.8, 4) is 0 Å². The van der Waals surface area contributed by atoms with Gasteiger partial charge in [0, 0.05) is 9.26 Å². The van der Waals surface area contributed by atoms with Crippen molar-refractivity contribution in [3.05, 3.63) is 44.6 Å². The van der Waals surface area contributed by atoms with Crippen molar-refractivity contribution in [1.82, 2.24) is 9.97 Å². The number of carbonyl (C=O) groups is 1. The number of aryl methyl sites for hydroxylation is 1. The van der Waals surface area contributed by atoms with Gasteiger partial charge in [0.15, 0.2) is 0 Å². The summed E-state index contributed by atoms with van der Waals surface area (Å²) in [6.45, 7) is 1.94. The molecule has 27 heavy (non-hydrogen) atoms. The van der Waals surface area contributed by atoms with E-state index in [0.29, 0.717) is 10.7 Å². The first-order valence-electron chi connectivity index (χ1n) is 9.09. The fourth-order valence-corrected chi connectivity index (χ4v) is 4.81. The Balaban J connectivity index is 1.63. The highest BCUT2D eigenvalue weighted by Gasteiger charge is 2.24. The minimum absolute atomic E-state index is 0.0475. The average Bonchev–Trinajstić information content (AvgIpc) is 3.02. The maximum Gasteiger partial charge on any atom is 0.348 e. The molecular weight excluding hydrogens is 473 g/mol. The molecule has 3 aromatic rings. The number of ether oxygens (including phenoxy) is 1. The molecule has 1 N–H and O–H groups in total. The van der Waals surface area contributed by atoms with Crippen LogP contribution >= 0.6 is 33.9 Å². The monoisotopic (exact) mass is 493 g/mol. The van der Waals surface area contributed by atoms with E-state index >= 15 is 0 Å². The van der Waals surface area contributed by atoms with Gasteiger partial charge in [0.25, 0.3) is 0 Å². The highest BCUT2D eigenvalue weighted by Crippen LogP contribution is 2.35. The first kappa shape index (κ1) is 18.6. The van der Waals surface area contributed by atoms with Crippen LogP contribution in [0.3, 0.4) is 0 Å². The average molecular weight is 493 g/mol. The molecule has 7 heteroatoms. The summed E-state index contributed by atoms with van der Waals surface area (Å²) in [5.41, 5.74) is 1.83. The molecule has 2 heterocycles. The fraction of sp³-hybridized carbons (Fsp3) is 0.350. The van der Waals surface area contributed by atoms with Gasteiger partial charge in [-0.05, 0) is 85.0 Å². The van der Waals surface area contributed by atoms with Crippen molar-refractivity contribution >= 4 is 61.6 Å². The van der Waals surface area contributed by atoms with E-state index in [0.717, 1.165) is 47.2 Å². The van der Waals surface area contributed by atoms with E-state index in [1.165, 1.54) is 27.7 Å². The predicted molar refractivity (Wildman–Crippen MR) is 117 cm³/mol. The number of hydrogen-bond donors (Lipinski definition) is 1. The topological polar surface area (TPSA) is 64.1 Å². The number of aromatic nitrogens is 2.